The monoisotopic (exact) mass is 353 g/mol. The van der Waals surface area contributed by atoms with Crippen LogP contribution in [0.15, 0.2) is 28.7 Å². The van der Waals surface area contributed by atoms with E-state index in [0.717, 1.165) is 35.7 Å². The molecule has 1 aromatic carbocycles. The molecule has 1 aromatic rings. The predicted molar refractivity (Wildman–Crippen MR) is 83.6 cm³/mol. The molecular formula is C16H20BrNO3. The summed E-state index contributed by atoms with van der Waals surface area (Å²) in [4.78, 5) is 23.9. The van der Waals surface area contributed by atoms with Crippen molar-refractivity contribution in [3.8, 4) is 0 Å². The summed E-state index contributed by atoms with van der Waals surface area (Å²) >= 11 is 3.42. The van der Waals surface area contributed by atoms with Crippen molar-refractivity contribution in [1.29, 1.82) is 0 Å². The minimum atomic E-state index is -0.344. The molecule has 0 heterocycles. The summed E-state index contributed by atoms with van der Waals surface area (Å²) in [5.74, 6) is -0.203. The summed E-state index contributed by atoms with van der Waals surface area (Å²) in [5.41, 5.74) is 0.904. The standard InChI is InChI=1S/C16H20BrNO3/c1-21-15(19)10-14(12-7-4-8-13(17)9-12)18-16(20)11-5-2-3-6-11/h4,7-9,11,14H,2-3,5-6,10H2,1H3,(H,18,20). The molecule has 1 atom stereocenters. The number of ether oxygens (including phenoxy) is 1. The van der Waals surface area contributed by atoms with Gasteiger partial charge in [-0.25, -0.2) is 0 Å². The van der Waals surface area contributed by atoms with Gasteiger partial charge >= 0.3 is 5.97 Å². The maximum Gasteiger partial charge on any atom is 0.307 e. The highest BCUT2D eigenvalue weighted by Crippen LogP contribution is 2.27. The van der Waals surface area contributed by atoms with Crippen LogP contribution in [0.1, 0.15) is 43.7 Å². The largest absolute Gasteiger partial charge is 0.469 e. The molecule has 0 aliphatic heterocycles. The fourth-order valence-corrected chi connectivity index (χ4v) is 3.12. The van der Waals surface area contributed by atoms with E-state index in [4.69, 9.17) is 4.74 Å². The molecule has 5 heteroatoms. The number of hydrogen-bond donors (Lipinski definition) is 1. The van der Waals surface area contributed by atoms with Gasteiger partial charge in [0.1, 0.15) is 0 Å². The number of carbonyl (C=O) groups excluding carboxylic acids is 2. The quantitative estimate of drug-likeness (QED) is 0.825. The van der Waals surface area contributed by atoms with E-state index in [9.17, 15) is 9.59 Å². The Morgan fingerprint density at radius 3 is 2.71 bits per heavy atom. The van der Waals surface area contributed by atoms with Gasteiger partial charge in [0, 0.05) is 10.4 Å². The average Bonchev–Trinajstić information content (AvgIpc) is 3.00. The average molecular weight is 354 g/mol. The second-order valence-corrected chi connectivity index (χ2v) is 6.29. The number of methoxy groups -OCH3 is 1. The van der Waals surface area contributed by atoms with E-state index in [1.54, 1.807) is 0 Å². The van der Waals surface area contributed by atoms with Gasteiger partial charge in [-0.1, -0.05) is 40.9 Å². The smallest absolute Gasteiger partial charge is 0.307 e. The third-order valence-electron chi connectivity index (χ3n) is 3.89. The van der Waals surface area contributed by atoms with Gasteiger partial charge in [0.2, 0.25) is 5.91 Å². The summed E-state index contributed by atoms with van der Waals surface area (Å²) in [6.07, 6.45) is 4.24. The van der Waals surface area contributed by atoms with Crippen LogP contribution < -0.4 is 5.32 Å². The molecule has 0 radical (unpaired) electrons. The lowest BCUT2D eigenvalue weighted by molar-refractivity contribution is -0.141. The minimum absolute atomic E-state index is 0.0429. The Hall–Kier alpha value is -1.36. The third kappa shape index (κ3) is 4.56. The normalized spacial score (nSPS) is 16.5. The summed E-state index contributed by atoms with van der Waals surface area (Å²) in [7, 11) is 1.36. The van der Waals surface area contributed by atoms with Crippen LogP contribution in [0.4, 0.5) is 0 Å². The van der Waals surface area contributed by atoms with Gasteiger partial charge in [-0.2, -0.15) is 0 Å². The summed E-state index contributed by atoms with van der Waals surface area (Å²) in [6, 6.07) is 7.29. The predicted octanol–water partition coefficient (Wildman–Crippen LogP) is 3.36. The Bertz CT molecular complexity index is 512. The SMILES string of the molecule is COC(=O)CC(NC(=O)C1CCCC1)c1cccc(Br)c1. The molecule has 0 saturated heterocycles. The van der Waals surface area contributed by atoms with Crippen molar-refractivity contribution in [3.63, 3.8) is 0 Å². The number of esters is 1. The van der Waals surface area contributed by atoms with Crippen LogP contribution in [-0.4, -0.2) is 19.0 Å². The molecular weight excluding hydrogens is 334 g/mol. The van der Waals surface area contributed by atoms with E-state index in [1.165, 1.54) is 7.11 Å². The Labute approximate surface area is 133 Å². The van der Waals surface area contributed by atoms with Crippen LogP contribution >= 0.6 is 15.9 Å². The Balaban J connectivity index is 2.11. The van der Waals surface area contributed by atoms with Gasteiger partial charge in [0.25, 0.3) is 0 Å². The molecule has 2 rings (SSSR count). The fraction of sp³-hybridized carbons (Fsp3) is 0.500. The fourth-order valence-electron chi connectivity index (χ4n) is 2.70. The Kier molecular flexibility index (Phi) is 5.79. The van der Waals surface area contributed by atoms with Gasteiger partial charge in [-0.3, -0.25) is 9.59 Å². The number of rotatable bonds is 5. The number of benzene rings is 1. The first kappa shape index (κ1) is 16.0. The van der Waals surface area contributed by atoms with Crippen molar-refractivity contribution in [2.24, 2.45) is 5.92 Å². The molecule has 1 aliphatic carbocycles. The van der Waals surface area contributed by atoms with E-state index < -0.39 is 0 Å². The molecule has 1 amide bonds. The first-order chi connectivity index (χ1) is 10.1. The molecule has 1 N–H and O–H groups in total. The van der Waals surface area contributed by atoms with Crippen molar-refractivity contribution in [3.05, 3.63) is 34.3 Å². The van der Waals surface area contributed by atoms with Crippen molar-refractivity contribution in [2.45, 2.75) is 38.1 Å². The van der Waals surface area contributed by atoms with Crippen LogP contribution in [0.25, 0.3) is 0 Å². The van der Waals surface area contributed by atoms with Gasteiger partial charge in [-0.05, 0) is 30.5 Å². The van der Waals surface area contributed by atoms with Crippen LogP contribution in [0.5, 0.6) is 0 Å². The molecule has 4 nitrogen and oxygen atoms in total. The van der Waals surface area contributed by atoms with Gasteiger partial charge in [-0.15, -0.1) is 0 Å². The molecule has 0 bridgehead atoms. The molecule has 1 fully saturated rings. The molecule has 1 aliphatic rings. The van der Waals surface area contributed by atoms with E-state index in [-0.39, 0.29) is 30.3 Å². The first-order valence-corrected chi connectivity index (χ1v) is 8.02. The first-order valence-electron chi connectivity index (χ1n) is 7.23. The summed E-state index contributed by atoms with van der Waals surface area (Å²) in [5, 5.41) is 3.01. The van der Waals surface area contributed by atoms with E-state index in [0.29, 0.717) is 0 Å². The molecule has 1 unspecified atom stereocenters. The van der Waals surface area contributed by atoms with E-state index >= 15 is 0 Å². The highest BCUT2D eigenvalue weighted by molar-refractivity contribution is 9.10. The summed E-state index contributed by atoms with van der Waals surface area (Å²) < 4.78 is 5.66. The number of nitrogens with one attached hydrogen (secondary N) is 1. The zero-order chi connectivity index (χ0) is 15.2. The molecule has 1 saturated carbocycles. The van der Waals surface area contributed by atoms with Crippen LogP contribution in [-0.2, 0) is 14.3 Å². The van der Waals surface area contributed by atoms with E-state index in [1.807, 2.05) is 24.3 Å². The maximum absolute atomic E-state index is 12.3. The lowest BCUT2D eigenvalue weighted by Crippen LogP contribution is -2.34. The molecule has 0 aromatic heterocycles. The zero-order valence-corrected chi connectivity index (χ0v) is 13.7. The molecule has 21 heavy (non-hydrogen) atoms. The number of hydrogen-bond acceptors (Lipinski definition) is 3. The summed E-state index contributed by atoms with van der Waals surface area (Å²) in [6.45, 7) is 0. The lowest BCUT2D eigenvalue weighted by Gasteiger charge is -2.20. The maximum atomic E-state index is 12.3. The molecule has 0 spiro atoms. The van der Waals surface area contributed by atoms with Crippen molar-refractivity contribution in [1.82, 2.24) is 5.32 Å². The second kappa shape index (κ2) is 7.59. The second-order valence-electron chi connectivity index (χ2n) is 5.38. The van der Waals surface area contributed by atoms with Gasteiger partial charge in [0.15, 0.2) is 0 Å². The zero-order valence-electron chi connectivity index (χ0n) is 12.1. The highest BCUT2D eigenvalue weighted by atomic mass is 79.9. The minimum Gasteiger partial charge on any atom is -0.469 e. The van der Waals surface area contributed by atoms with Crippen LogP contribution in [0, 0.1) is 5.92 Å². The number of halogens is 1. The number of amides is 1. The van der Waals surface area contributed by atoms with Crippen molar-refractivity contribution in [2.75, 3.05) is 7.11 Å². The van der Waals surface area contributed by atoms with Crippen molar-refractivity contribution >= 4 is 27.8 Å². The Morgan fingerprint density at radius 1 is 1.38 bits per heavy atom. The lowest BCUT2D eigenvalue weighted by atomic mass is 10.0. The van der Waals surface area contributed by atoms with Crippen LogP contribution in [0.3, 0.4) is 0 Å². The Morgan fingerprint density at radius 2 is 2.10 bits per heavy atom. The van der Waals surface area contributed by atoms with Crippen LogP contribution in [0.2, 0.25) is 0 Å². The van der Waals surface area contributed by atoms with E-state index in [2.05, 4.69) is 21.2 Å². The number of carbonyl (C=O) groups is 2. The third-order valence-corrected chi connectivity index (χ3v) is 4.39. The highest BCUT2D eigenvalue weighted by Gasteiger charge is 2.26. The molecule has 114 valence electrons. The topological polar surface area (TPSA) is 55.4 Å². The van der Waals surface area contributed by atoms with Crippen molar-refractivity contribution < 1.29 is 14.3 Å². The van der Waals surface area contributed by atoms with Gasteiger partial charge < -0.3 is 10.1 Å². The van der Waals surface area contributed by atoms with Gasteiger partial charge in [0.05, 0.1) is 19.6 Å².